The molecular weight excluding hydrogens is 322 g/mol. The van der Waals surface area contributed by atoms with Gasteiger partial charge < -0.3 is 4.74 Å². The van der Waals surface area contributed by atoms with Crippen LogP contribution in [0.4, 0.5) is 4.79 Å². The van der Waals surface area contributed by atoms with Crippen molar-refractivity contribution in [3.63, 3.8) is 0 Å². The molecule has 6 nitrogen and oxygen atoms in total. The molecule has 0 unspecified atom stereocenters. The zero-order valence-corrected chi connectivity index (χ0v) is 14.6. The number of imide groups is 1. The molecule has 0 aromatic heterocycles. The summed E-state index contributed by atoms with van der Waals surface area (Å²) in [7, 11) is 0. The Hall–Kier alpha value is -2.50. The van der Waals surface area contributed by atoms with Crippen LogP contribution in [0, 0.1) is 5.92 Å². The number of amides is 2. The van der Waals surface area contributed by atoms with Crippen LogP contribution in [-0.2, 0) is 25.5 Å². The minimum atomic E-state index is -0.987. The van der Waals surface area contributed by atoms with Gasteiger partial charge in [-0.15, -0.1) is 0 Å². The number of cyclic esters (lactones) is 1. The van der Waals surface area contributed by atoms with E-state index in [2.05, 4.69) is 0 Å². The smallest absolute Gasteiger partial charge is 0.417 e. The molecule has 2 rings (SSSR count). The summed E-state index contributed by atoms with van der Waals surface area (Å²) in [5, 5.41) is 0. The fourth-order valence-electron chi connectivity index (χ4n) is 2.92. The van der Waals surface area contributed by atoms with Crippen LogP contribution in [0.3, 0.4) is 0 Å². The van der Waals surface area contributed by atoms with E-state index in [1.54, 1.807) is 6.92 Å². The van der Waals surface area contributed by atoms with Crippen molar-refractivity contribution < 1.29 is 23.9 Å². The standard InChI is InChI=1S/C19H23NO5/c1-3-16(22)9-10-17(13(2)21)18(23)20-15(12-25-19(20)24)11-14-7-5-4-6-8-14/h4-8,15,17H,3,9-12H2,1-2H3/t15-,17+/m0/s1. The number of hydrogen-bond acceptors (Lipinski definition) is 5. The van der Waals surface area contributed by atoms with E-state index in [1.807, 2.05) is 30.3 Å². The lowest BCUT2D eigenvalue weighted by Crippen LogP contribution is -2.45. The van der Waals surface area contributed by atoms with Crippen LogP contribution in [0.1, 0.15) is 38.7 Å². The van der Waals surface area contributed by atoms with Gasteiger partial charge >= 0.3 is 6.09 Å². The summed E-state index contributed by atoms with van der Waals surface area (Å²) in [6.07, 6.45) is 0.387. The zero-order valence-electron chi connectivity index (χ0n) is 14.6. The van der Waals surface area contributed by atoms with Crippen molar-refractivity contribution in [2.75, 3.05) is 6.61 Å². The molecular formula is C19H23NO5. The molecule has 134 valence electrons. The largest absolute Gasteiger partial charge is 0.447 e. The Morgan fingerprint density at radius 1 is 1.24 bits per heavy atom. The second-order valence-corrected chi connectivity index (χ2v) is 6.22. The van der Waals surface area contributed by atoms with E-state index in [0.29, 0.717) is 12.8 Å². The number of ether oxygens (including phenoxy) is 1. The molecule has 0 N–H and O–H groups in total. The summed E-state index contributed by atoms with van der Waals surface area (Å²) in [6.45, 7) is 3.16. The number of rotatable bonds is 8. The second-order valence-electron chi connectivity index (χ2n) is 6.22. The fraction of sp³-hybridized carbons (Fsp3) is 0.474. The molecule has 2 atom stereocenters. The lowest BCUT2D eigenvalue weighted by molar-refractivity contribution is -0.139. The maximum atomic E-state index is 12.8. The van der Waals surface area contributed by atoms with Crippen molar-refractivity contribution >= 4 is 23.6 Å². The third kappa shape index (κ3) is 4.75. The van der Waals surface area contributed by atoms with Gasteiger partial charge in [0.05, 0.1) is 12.0 Å². The van der Waals surface area contributed by atoms with Crippen LogP contribution in [0.15, 0.2) is 30.3 Å². The second kappa shape index (κ2) is 8.55. The van der Waals surface area contributed by atoms with E-state index < -0.39 is 24.0 Å². The summed E-state index contributed by atoms with van der Waals surface area (Å²) in [6, 6.07) is 9.04. The van der Waals surface area contributed by atoms with Crippen molar-refractivity contribution in [1.29, 1.82) is 0 Å². The highest BCUT2D eigenvalue weighted by atomic mass is 16.6. The molecule has 1 aliphatic heterocycles. The number of benzene rings is 1. The van der Waals surface area contributed by atoms with E-state index in [0.717, 1.165) is 10.5 Å². The van der Waals surface area contributed by atoms with Gasteiger partial charge in [0.1, 0.15) is 18.2 Å². The highest BCUT2D eigenvalue weighted by molar-refractivity contribution is 6.06. The molecule has 1 heterocycles. The van der Waals surface area contributed by atoms with Gasteiger partial charge in [0.15, 0.2) is 0 Å². The van der Waals surface area contributed by atoms with Crippen LogP contribution in [0.2, 0.25) is 0 Å². The van der Waals surface area contributed by atoms with E-state index in [4.69, 9.17) is 4.74 Å². The Labute approximate surface area is 147 Å². The highest BCUT2D eigenvalue weighted by Crippen LogP contribution is 2.22. The molecule has 1 aromatic carbocycles. The summed E-state index contributed by atoms with van der Waals surface area (Å²) < 4.78 is 5.04. The molecule has 0 bridgehead atoms. The van der Waals surface area contributed by atoms with Crippen molar-refractivity contribution in [3.05, 3.63) is 35.9 Å². The number of carbonyl (C=O) groups excluding carboxylic acids is 4. The third-order valence-corrected chi connectivity index (χ3v) is 4.41. The number of carbonyl (C=O) groups is 4. The number of ketones is 2. The first-order chi connectivity index (χ1) is 11.9. The lowest BCUT2D eigenvalue weighted by Gasteiger charge is -2.23. The number of hydrogen-bond donors (Lipinski definition) is 0. The summed E-state index contributed by atoms with van der Waals surface area (Å²) in [5.41, 5.74) is 0.976. The molecule has 0 aliphatic carbocycles. The third-order valence-electron chi connectivity index (χ3n) is 4.41. The molecule has 6 heteroatoms. The summed E-state index contributed by atoms with van der Waals surface area (Å²) in [5.74, 6) is -1.91. The highest BCUT2D eigenvalue weighted by Gasteiger charge is 2.41. The lowest BCUT2D eigenvalue weighted by atomic mass is 9.94. The van der Waals surface area contributed by atoms with E-state index in [1.165, 1.54) is 6.92 Å². The summed E-state index contributed by atoms with van der Waals surface area (Å²) in [4.78, 5) is 49.3. The van der Waals surface area contributed by atoms with Crippen molar-refractivity contribution in [2.45, 2.75) is 45.6 Å². The monoisotopic (exact) mass is 345 g/mol. The normalized spacial score (nSPS) is 17.9. The average Bonchev–Trinajstić information content (AvgIpc) is 2.95. The Kier molecular flexibility index (Phi) is 6.44. The van der Waals surface area contributed by atoms with E-state index in [-0.39, 0.29) is 31.0 Å². The van der Waals surface area contributed by atoms with Gasteiger partial charge in [0.2, 0.25) is 5.91 Å². The van der Waals surface area contributed by atoms with Gasteiger partial charge in [-0.25, -0.2) is 9.69 Å². The molecule has 1 aliphatic rings. The van der Waals surface area contributed by atoms with Gasteiger partial charge in [0.25, 0.3) is 0 Å². The quantitative estimate of drug-likeness (QED) is 0.676. The van der Waals surface area contributed by atoms with Crippen LogP contribution < -0.4 is 0 Å². The van der Waals surface area contributed by atoms with Crippen LogP contribution in [0.25, 0.3) is 0 Å². The molecule has 1 fully saturated rings. The van der Waals surface area contributed by atoms with Gasteiger partial charge in [-0.1, -0.05) is 37.3 Å². The van der Waals surface area contributed by atoms with Crippen molar-refractivity contribution in [2.24, 2.45) is 5.92 Å². The van der Waals surface area contributed by atoms with Crippen LogP contribution in [0.5, 0.6) is 0 Å². The van der Waals surface area contributed by atoms with Gasteiger partial charge in [-0.2, -0.15) is 0 Å². The summed E-state index contributed by atoms with van der Waals surface area (Å²) >= 11 is 0. The predicted molar refractivity (Wildman–Crippen MR) is 90.8 cm³/mol. The Balaban J connectivity index is 2.13. The van der Waals surface area contributed by atoms with Gasteiger partial charge in [-0.3, -0.25) is 14.4 Å². The number of nitrogens with zero attached hydrogens (tertiary/aromatic N) is 1. The first kappa shape index (κ1) is 18.8. The first-order valence-electron chi connectivity index (χ1n) is 8.50. The predicted octanol–water partition coefficient (Wildman–Crippen LogP) is 2.54. The fourth-order valence-corrected chi connectivity index (χ4v) is 2.92. The van der Waals surface area contributed by atoms with Crippen LogP contribution in [-0.4, -0.2) is 41.1 Å². The molecule has 0 saturated carbocycles. The maximum absolute atomic E-state index is 12.8. The van der Waals surface area contributed by atoms with Gasteiger partial charge in [0, 0.05) is 12.8 Å². The molecule has 2 amide bonds. The molecule has 1 saturated heterocycles. The van der Waals surface area contributed by atoms with Crippen molar-refractivity contribution in [1.82, 2.24) is 4.90 Å². The first-order valence-corrected chi connectivity index (χ1v) is 8.50. The Morgan fingerprint density at radius 3 is 2.52 bits per heavy atom. The minimum Gasteiger partial charge on any atom is -0.447 e. The number of Topliss-reactive ketones (excluding diaryl/α,β-unsaturated/α-hetero) is 2. The van der Waals surface area contributed by atoms with Crippen LogP contribution >= 0.6 is 0 Å². The molecule has 0 radical (unpaired) electrons. The average molecular weight is 345 g/mol. The molecule has 1 aromatic rings. The Bertz CT molecular complexity index is 655. The van der Waals surface area contributed by atoms with E-state index in [9.17, 15) is 19.2 Å². The SMILES string of the molecule is CCC(=O)CC[C@H](C(C)=O)C(=O)N1C(=O)OC[C@@H]1Cc1ccccc1. The van der Waals surface area contributed by atoms with E-state index >= 15 is 0 Å². The zero-order chi connectivity index (χ0) is 18.4. The topological polar surface area (TPSA) is 80.8 Å². The minimum absolute atomic E-state index is 0.0103. The van der Waals surface area contributed by atoms with Crippen molar-refractivity contribution in [3.8, 4) is 0 Å². The molecule has 25 heavy (non-hydrogen) atoms. The Morgan fingerprint density at radius 2 is 1.92 bits per heavy atom. The molecule has 0 spiro atoms. The van der Waals surface area contributed by atoms with Gasteiger partial charge in [-0.05, 0) is 25.3 Å². The maximum Gasteiger partial charge on any atom is 0.417 e.